The fraction of sp³-hybridized carbons (Fsp3) is 0.300. The number of rotatable bonds is 6. The normalized spacial score (nSPS) is 16.2. The van der Waals surface area contributed by atoms with Crippen molar-refractivity contribution in [3.8, 4) is 5.75 Å². The lowest BCUT2D eigenvalue weighted by atomic mass is 10.1. The summed E-state index contributed by atoms with van der Waals surface area (Å²) in [5.74, 6) is -0.488. The molecular formula is C20H18F3N3O4S. The molecule has 2 aromatic rings. The third-order valence-electron chi connectivity index (χ3n) is 4.51. The van der Waals surface area contributed by atoms with Gasteiger partial charge in [-0.3, -0.25) is 0 Å². The molecule has 0 N–H and O–H groups in total. The van der Waals surface area contributed by atoms with Crippen LogP contribution < -0.4 is 4.74 Å². The van der Waals surface area contributed by atoms with Crippen LogP contribution in [0.2, 0.25) is 0 Å². The van der Waals surface area contributed by atoms with Crippen LogP contribution >= 0.6 is 0 Å². The number of oxime groups is 1. The van der Waals surface area contributed by atoms with E-state index in [0.717, 1.165) is 24.3 Å². The summed E-state index contributed by atoms with van der Waals surface area (Å²) >= 11 is 0. The first-order valence-corrected chi connectivity index (χ1v) is 10.6. The van der Waals surface area contributed by atoms with Crippen LogP contribution in [0.3, 0.4) is 0 Å². The van der Waals surface area contributed by atoms with Crippen LogP contribution in [0.15, 0.2) is 58.6 Å². The number of alkyl halides is 3. The van der Waals surface area contributed by atoms with E-state index in [0.29, 0.717) is 24.1 Å². The Hall–Kier alpha value is -3.10. The first kappa shape index (κ1) is 22.6. The maximum Gasteiger partial charge on any atom is 0.573 e. The highest BCUT2D eigenvalue weighted by atomic mass is 32.2. The average Bonchev–Trinajstić information content (AvgIpc) is 2.73. The van der Waals surface area contributed by atoms with Crippen LogP contribution in [0.25, 0.3) is 4.85 Å². The molecule has 1 fully saturated rings. The van der Waals surface area contributed by atoms with E-state index in [4.69, 9.17) is 11.4 Å². The number of hydrogen-bond donors (Lipinski definition) is 0. The van der Waals surface area contributed by atoms with Gasteiger partial charge in [0.1, 0.15) is 11.9 Å². The molecule has 0 amide bonds. The van der Waals surface area contributed by atoms with Gasteiger partial charge in [0.15, 0.2) is 5.69 Å². The SMILES string of the molecule is [C-]#[N+]c1cccc(C=NOC2CCN(S(=O)(=O)c3ccc(OC(F)(F)F)cc3)CC2)c1. The number of nitrogens with zero attached hydrogens (tertiary/aromatic N) is 3. The van der Waals surface area contributed by atoms with Crippen molar-refractivity contribution in [2.45, 2.75) is 30.2 Å². The summed E-state index contributed by atoms with van der Waals surface area (Å²) in [5, 5.41) is 3.92. The number of sulfonamides is 1. The van der Waals surface area contributed by atoms with E-state index in [9.17, 15) is 21.6 Å². The molecule has 1 heterocycles. The van der Waals surface area contributed by atoms with Gasteiger partial charge in [-0.15, -0.1) is 13.2 Å². The molecule has 11 heteroatoms. The van der Waals surface area contributed by atoms with Gasteiger partial charge in [-0.2, -0.15) is 4.31 Å². The first-order valence-electron chi connectivity index (χ1n) is 9.20. The predicted molar refractivity (Wildman–Crippen MR) is 106 cm³/mol. The third-order valence-corrected chi connectivity index (χ3v) is 6.42. The minimum absolute atomic E-state index is 0.112. The summed E-state index contributed by atoms with van der Waals surface area (Å²) < 4.78 is 67.2. The van der Waals surface area contributed by atoms with Crippen molar-refractivity contribution in [2.24, 2.45) is 5.16 Å². The Morgan fingerprint density at radius 2 is 1.81 bits per heavy atom. The lowest BCUT2D eigenvalue weighted by Crippen LogP contribution is -2.40. The van der Waals surface area contributed by atoms with Gasteiger partial charge in [-0.05, 0) is 35.9 Å². The molecule has 0 saturated carbocycles. The van der Waals surface area contributed by atoms with E-state index >= 15 is 0 Å². The molecule has 164 valence electrons. The van der Waals surface area contributed by atoms with Gasteiger partial charge >= 0.3 is 6.36 Å². The Kier molecular flexibility index (Phi) is 6.82. The Morgan fingerprint density at radius 3 is 2.42 bits per heavy atom. The number of piperidine rings is 1. The van der Waals surface area contributed by atoms with Gasteiger partial charge in [0.2, 0.25) is 10.0 Å². The van der Waals surface area contributed by atoms with E-state index in [1.807, 2.05) is 0 Å². The Labute approximate surface area is 177 Å². The van der Waals surface area contributed by atoms with Crippen LogP contribution in [-0.2, 0) is 14.9 Å². The van der Waals surface area contributed by atoms with Gasteiger partial charge in [0, 0.05) is 25.9 Å². The smallest absolute Gasteiger partial charge is 0.406 e. The molecule has 0 aromatic heterocycles. The summed E-state index contributed by atoms with van der Waals surface area (Å²) in [7, 11) is -3.84. The van der Waals surface area contributed by atoms with Crippen molar-refractivity contribution in [3.05, 3.63) is 65.5 Å². The van der Waals surface area contributed by atoms with Gasteiger partial charge in [-0.25, -0.2) is 13.3 Å². The van der Waals surface area contributed by atoms with Crippen LogP contribution in [-0.4, -0.2) is 44.5 Å². The van der Waals surface area contributed by atoms with Crippen molar-refractivity contribution >= 4 is 21.9 Å². The minimum atomic E-state index is -4.84. The minimum Gasteiger partial charge on any atom is -0.406 e. The summed E-state index contributed by atoms with van der Waals surface area (Å²) in [6.45, 7) is 7.38. The Morgan fingerprint density at radius 1 is 1.13 bits per heavy atom. The van der Waals surface area contributed by atoms with E-state index in [1.165, 1.54) is 10.5 Å². The topological polar surface area (TPSA) is 72.6 Å². The molecule has 1 aliphatic rings. The van der Waals surface area contributed by atoms with Gasteiger partial charge in [0.25, 0.3) is 0 Å². The van der Waals surface area contributed by atoms with Gasteiger partial charge in [0.05, 0.1) is 17.7 Å². The Balaban J connectivity index is 1.54. The van der Waals surface area contributed by atoms with Crippen molar-refractivity contribution in [1.29, 1.82) is 0 Å². The number of benzene rings is 2. The molecule has 7 nitrogen and oxygen atoms in total. The summed E-state index contributed by atoms with van der Waals surface area (Å²) in [5.41, 5.74) is 1.20. The first-order chi connectivity index (χ1) is 14.7. The van der Waals surface area contributed by atoms with Crippen molar-refractivity contribution in [2.75, 3.05) is 13.1 Å². The van der Waals surface area contributed by atoms with Crippen molar-refractivity contribution in [1.82, 2.24) is 4.31 Å². The molecule has 0 unspecified atom stereocenters. The predicted octanol–water partition coefficient (Wildman–Crippen LogP) is 4.34. The van der Waals surface area contributed by atoms with Gasteiger partial charge < -0.3 is 9.57 Å². The summed E-state index contributed by atoms with van der Waals surface area (Å²) in [6.07, 6.45) is -2.80. The number of hydrogen-bond acceptors (Lipinski definition) is 5. The standard InChI is InChI=1S/C20H18F3N3O4S/c1-24-16-4-2-3-15(13-16)14-25-30-18-9-11-26(12-10-18)31(27,28)19-7-5-17(6-8-19)29-20(21,22)23/h2-8,13-14,18H,9-12H2. The molecule has 0 spiro atoms. The highest BCUT2D eigenvalue weighted by Gasteiger charge is 2.32. The summed E-state index contributed by atoms with van der Waals surface area (Å²) in [6, 6.07) is 11.0. The number of ether oxygens (including phenoxy) is 1. The molecule has 0 aliphatic carbocycles. The second-order valence-corrected chi connectivity index (χ2v) is 8.61. The quantitative estimate of drug-likeness (QED) is 0.371. The lowest BCUT2D eigenvalue weighted by molar-refractivity contribution is -0.274. The highest BCUT2D eigenvalue weighted by Crippen LogP contribution is 2.26. The molecule has 2 aromatic carbocycles. The fourth-order valence-electron chi connectivity index (χ4n) is 2.99. The van der Waals surface area contributed by atoms with Crippen LogP contribution in [0, 0.1) is 6.57 Å². The molecule has 0 atom stereocenters. The maximum atomic E-state index is 12.7. The van der Waals surface area contributed by atoms with Crippen LogP contribution in [0.1, 0.15) is 18.4 Å². The monoisotopic (exact) mass is 453 g/mol. The van der Waals surface area contributed by atoms with E-state index in [-0.39, 0.29) is 24.1 Å². The van der Waals surface area contributed by atoms with Crippen molar-refractivity contribution in [3.63, 3.8) is 0 Å². The van der Waals surface area contributed by atoms with E-state index in [1.54, 1.807) is 24.3 Å². The molecule has 0 bridgehead atoms. The van der Waals surface area contributed by atoms with Crippen molar-refractivity contribution < 1.29 is 31.2 Å². The molecule has 1 aliphatic heterocycles. The largest absolute Gasteiger partial charge is 0.573 e. The zero-order chi connectivity index (χ0) is 22.5. The fourth-order valence-corrected chi connectivity index (χ4v) is 4.46. The second-order valence-electron chi connectivity index (χ2n) is 6.67. The molecule has 0 radical (unpaired) electrons. The van der Waals surface area contributed by atoms with E-state index < -0.39 is 22.1 Å². The second kappa shape index (κ2) is 9.36. The van der Waals surface area contributed by atoms with E-state index in [2.05, 4.69) is 14.7 Å². The molecule has 31 heavy (non-hydrogen) atoms. The molecule has 3 rings (SSSR count). The number of halogens is 3. The zero-order valence-electron chi connectivity index (χ0n) is 16.1. The molecule has 1 saturated heterocycles. The maximum absolute atomic E-state index is 12.7. The Bertz CT molecular complexity index is 1070. The zero-order valence-corrected chi connectivity index (χ0v) is 16.9. The highest BCUT2D eigenvalue weighted by molar-refractivity contribution is 7.89. The summed E-state index contributed by atoms with van der Waals surface area (Å²) in [4.78, 5) is 8.66. The molecular weight excluding hydrogens is 435 g/mol. The average molecular weight is 453 g/mol. The lowest BCUT2D eigenvalue weighted by Gasteiger charge is -2.29. The third kappa shape index (κ3) is 6.19. The van der Waals surface area contributed by atoms with Crippen LogP contribution in [0.4, 0.5) is 18.9 Å². The van der Waals surface area contributed by atoms with Crippen LogP contribution in [0.5, 0.6) is 5.75 Å². The van der Waals surface area contributed by atoms with Gasteiger partial charge in [-0.1, -0.05) is 23.4 Å².